The number of aromatic nitrogens is 4. The number of carbonyl (C=O) groups excluding carboxylic acids is 2. The third-order valence-corrected chi connectivity index (χ3v) is 7.15. The van der Waals surface area contributed by atoms with Gasteiger partial charge in [-0.3, -0.25) is 9.59 Å². The molecule has 1 N–H and O–H groups in total. The molecule has 1 amide bonds. The first-order valence-electron chi connectivity index (χ1n) is 13.7. The van der Waals surface area contributed by atoms with Gasteiger partial charge in [0.25, 0.3) is 5.91 Å². The van der Waals surface area contributed by atoms with Crippen LogP contribution in [0.5, 0.6) is 0 Å². The lowest BCUT2D eigenvalue weighted by atomic mass is 10.0. The normalized spacial score (nSPS) is 14.9. The molecule has 5 rings (SSSR count). The van der Waals surface area contributed by atoms with Crippen molar-refractivity contribution in [3.8, 4) is 11.4 Å². The summed E-state index contributed by atoms with van der Waals surface area (Å²) < 4.78 is 6.70. The minimum absolute atomic E-state index is 0.226. The summed E-state index contributed by atoms with van der Waals surface area (Å²) in [7, 11) is 0. The lowest BCUT2D eigenvalue weighted by molar-refractivity contribution is -0.150. The van der Waals surface area contributed by atoms with Gasteiger partial charge in [-0.1, -0.05) is 35.9 Å². The van der Waals surface area contributed by atoms with Crippen molar-refractivity contribution in [1.82, 2.24) is 24.5 Å². The van der Waals surface area contributed by atoms with Crippen molar-refractivity contribution >= 4 is 29.2 Å². The number of fused-ring (bicyclic) bond motifs is 1. The number of hydrogen-bond acceptors (Lipinski definition) is 8. The van der Waals surface area contributed by atoms with E-state index in [2.05, 4.69) is 46.4 Å². The second-order valence-electron chi connectivity index (χ2n) is 9.96. The number of nitrogens with zero attached hydrogens (tertiary/aromatic N) is 6. The lowest BCUT2D eigenvalue weighted by Crippen LogP contribution is -2.37. The molecule has 40 heavy (non-hydrogen) atoms. The zero-order valence-corrected chi connectivity index (χ0v) is 23.2. The number of benzene rings is 1. The molecule has 0 saturated carbocycles. The van der Waals surface area contributed by atoms with Gasteiger partial charge in [0.05, 0.1) is 17.9 Å². The summed E-state index contributed by atoms with van der Waals surface area (Å²) in [5.74, 6) is 0.912. The fraction of sp³-hybridized carbons (Fsp3) is 0.367. The van der Waals surface area contributed by atoms with Crippen LogP contribution in [0.2, 0.25) is 0 Å². The first kappa shape index (κ1) is 27.1. The number of pyridine rings is 1. The van der Waals surface area contributed by atoms with E-state index < -0.39 is 5.97 Å². The van der Waals surface area contributed by atoms with Crippen LogP contribution in [0.3, 0.4) is 0 Å². The molecule has 1 aliphatic rings. The molecule has 1 unspecified atom stereocenters. The van der Waals surface area contributed by atoms with Gasteiger partial charge in [0.2, 0.25) is 0 Å². The molecule has 0 spiro atoms. The highest BCUT2D eigenvalue weighted by molar-refractivity contribution is 5.80. The van der Waals surface area contributed by atoms with Crippen molar-refractivity contribution in [3.63, 3.8) is 0 Å². The van der Waals surface area contributed by atoms with Crippen molar-refractivity contribution in [1.29, 1.82) is 0 Å². The smallest absolute Gasteiger partial charge is 0.303 e. The van der Waals surface area contributed by atoms with Gasteiger partial charge in [0.1, 0.15) is 17.3 Å². The van der Waals surface area contributed by atoms with Gasteiger partial charge >= 0.3 is 5.97 Å². The molecule has 1 saturated heterocycles. The van der Waals surface area contributed by atoms with Crippen molar-refractivity contribution < 1.29 is 14.3 Å². The fourth-order valence-electron chi connectivity index (χ4n) is 5.16. The SMILES string of the molecule is CCN(CCNc1cccc(-c2cnc3ccc(N4CCCC4c4cccc(C)c4)nn23)n1)C(=O)COC(C)=O. The van der Waals surface area contributed by atoms with Gasteiger partial charge in [-0.15, -0.1) is 5.10 Å². The first-order chi connectivity index (χ1) is 19.4. The number of amides is 1. The number of anilines is 2. The zero-order chi connectivity index (χ0) is 28.1. The highest BCUT2D eigenvalue weighted by atomic mass is 16.5. The summed E-state index contributed by atoms with van der Waals surface area (Å²) in [6.45, 7) is 7.50. The maximum atomic E-state index is 12.3. The van der Waals surface area contributed by atoms with Gasteiger partial charge in [-0.25, -0.2) is 14.5 Å². The van der Waals surface area contributed by atoms with E-state index in [1.165, 1.54) is 18.1 Å². The number of aryl methyl sites for hydroxylation is 1. The molecule has 4 heterocycles. The number of ether oxygens (including phenoxy) is 1. The van der Waals surface area contributed by atoms with E-state index in [9.17, 15) is 9.59 Å². The van der Waals surface area contributed by atoms with Crippen molar-refractivity contribution in [2.24, 2.45) is 0 Å². The number of esters is 1. The fourth-order valence-corrected chi connectivity index (χ4v) is 5.16. The average molecular weight is 542 g/mol. The van der Waals surface area contributed by atoms with E-state index in [-0.39, 0.29) is 12.5 Å². The number of imidazole rings is 1. The van der Waals surface area contributed by atoms with Gasteiger partial charge < -0.3 is 19.9 Å². The monoisotopic (exact) mass is 541 g/mol. The largest absolute Gasteiger partial charge is 0.456 e. The topological polar surface area (TPSA) is 105 Å². The molecule has 208 valence electrons. The second-order valence-corrected chi connectivity index (χ2v) is 9.96. The average Bonchev–Trinajstić information content (AvgIpc) is 3.61. The van der Waals surface area contributed by atoms with Crippen molar-refractivity contribution in [2.75, 3.05) is 43.0 Å². The summed E-state index contributed by atoms with van der Waals surface area (Å²) in [4.78, 5) is 36.7. The molecular formula is C30H35N7O3. The van der Waals surface area contributed by atoms with E-state index in [1.807, 2.05) is 41.8 Å². The van der Waals surface area contributed by atoms with Crippen LogP contribution in [-0.2, 0) is 14.3 Å². The summed E-state index contributed by atoms with van der Waals surface area (Å²) in [6.07, 6.45) is 4.02. The minimum atomic E-state index is -0.468. The van der Waals surface area contributed by atoms with Gasteiger partial charge in [0.15, 0.2) is 12.3 Å². The van der Waals surface area contributed by atoms with Crippen LogP contribution in [0.4, 0.5) is 11.6 Å². The third kappa shape index (κ3) is 6.06. The summed E-state index contributed by atoms with van der Waals surface area (Å²) in [5.41, 5.74) is 4.89. The number of hydrogen-bond donors (Lipinski definition) is 1. The Morgan fingerprint density at radius 1 is 1.15 bits per heavy atom. The Hall–Kier alpha value is -4.47. The molecule has 1 aromatic carbocycles. The van der Waals surface area contributed by atoms with Crippen LogP contribution in [0, 0.1) is 6.92 Å². The number of rotatable bonds is 10. The van der Waals surface area contributed by atoms with Gasteiger partial charge in [-0.2, -0.15) is 0 Å². The van der Waals surface area contributed by atoms with Crippen molar-refractivity contribution in [2.45, 2.75) is 39.7 Å². The molecule has 0 radical (unpaired) electrons. The van der Waals surface area contributed by atoms with Gasteiger partial charge in [0, 0.05) is 33.1 Å². The van der Waals surface area contributed by atoms with E-state index in [1.54, 1.807) is 11.1 Å². The molecule has 10 heteroatoms. The molecule has 3 aromatic heterocycles. The highest BCUT2D eigenvalue weighted by Gasteiger charge is 2.28. The summed E-state index contributed by atoms with van der Waals surface area (Å²) >= 11 is 0. The van der Waals surface area contributed by atoms with E-state index in [4.69, 9.17) is 14.8 Å². The van der Waals surface area contributed by atoms with Crippen LogP contribution in [0.15, 0.2) is 60.8 Å². The Labute approximate surface area is 234 Å². The Morgan fingerprint density at radius 3 is 2.80 bits per heavy atom. The standard InChI is InChI=1S/C30H35N7O3/c1-4-35(30(39)20-40-22(3)38)17-15-31-27-12-6-10-24(33-27)26-19-32-28-13-14-29(34-37(26)28)36-16-7-11-25(36)23-9-5-8-21(2)18-23/h5-6,8-10,12-14,18-19,25H,4,7,11,15-17,20H2,1-3H3,(H,31,33). The molecule has 1 atom stereocenters. The van der Waals surface area contributed by atoms with E-state index in [0.717, 1.165) is 42.2 Å². The Balaban J connectivity index is 1.31. The second kappa shape index (κ2) is 12.1. The maximum absolute atomic E-state index is 12.3. The number of likely N-dealkylation sites (N-methyl/N-ethyl adjacent to an activating group) is 1. The molecular weight excluding hydrogens is 506 g/mol. The predicted molar refractivity (Wildman–Crippen MR) is 154 cm³/mol. The first-order valence-corrected chi connectivity index (χ1v) is 13.7. The molecule has 10 nitrogen and oxygen atoms in total. The van der Waals surface area contributed by atoms with Crippen LogP contribution in [0.1, 0.15) is 43.9 Å². The predicted octanol–water partition coefficient (Wildman–Crippen LogP) is 4.26. The van der Waals surface area contributed by atoms with Crippen LogP contribution < -0.4 is 10.2 Å². The number of nitrogens with one attached hydrogen (secondary N) is 1. The maximum Gasteiger partial charge on any atom is 0.303 e. The molecule has 4 aromatic rings. The Morgan fingerprint density at radius 2 is 2.00 bits per heavy atom. The molecule has 1 aliphatic heterocycles. The van der Waals surface area contributed by atoms with Crippen LogP contribution in [0.25, 0.3) is 17.0 Å². The van der Waals surface area contributed by atoms with E-state index in [0.29, 0.717) is 31.5 Å². The van der Waals surface area contributed by atoms with Crippen molar-refractivity contribution in [3.05, 3.63) is 71.9 Å². The third-order valence-electron chi connectivity index (χ3n) is 7.15. The zero-order valence-electron chi connectivity index (χ0n) is 23.2. The summed E-state index contributed by atoms with van der Waals surface area (Å²) in [6, 6.07) is 18.8. The quantitative estimate of drug-likeness (QED) is 0.297. The molecule has 1 fully saturated rings. The molecule has 0 bridgehead atoms. The number of carbonyl (C=O) groups is 2. The lowest BCUT2D eigenvalue weighted by Gasteiger charge is -2.26. The Kier molecular flexibility index (Phi) is 8.23. The van der Waals surface area contributed by atoms with Crippen LogP contribution >= 0.6 is 0 Å². The van der Waals surface area contributed by atoms with Crippen LogP contribution in [-0.4, -0.2) is 69.1 Å². The van der Waals surface area contributed by atoms with Gasteiger partial charge in [-0.05, 0) is 56.5 Å². The minimum Gasteiger partial charge on any atom is -0.456 e. The highest BCUT2D eigenvalue weighted by Crippen LogP contribution is 2.35. The molecule has 0 aliphatic carbocycles. The Bertz CT molecular complexity index is 1500. The van der Waals surface area contributed by atoms with E-state index >= 15 is 0 Å². The summed E-state index contributed by atoms with van der Waals surface area (Å²) in [5, 5.41) is 8.30.